The van der Waals surface area contributed by atoms with E-state index in [-0.39, 0.29) is 12.6 Å². The van der Waals surface area contributed by atoms with E-state index in [1.165, 1.54) is 0 Å². The van der Waals surface area contributed by atoms with Crippen LogP contribution in [0.1, 0.15) is 30.4 Å². The first-order valence-corrected chi connectivity index (χ1v) is 6.79. The summed E-state index contributed by atoms with van der Waals surface area (Å²) >= 11 is 0. The van der Waals surface area contributed by atoms with Crippen molar-refractivity contribution in [1.29, 1.82) is 0 Å². The molecule has 0 aromatic heterocycles. The zero-order valence-electron chi connectivity index (χ0n) is 11.8. The number of carboxylic acid groups (broad SMARTS) is 1. The first-order chi connectivity index (χ1) is 9.44. The van der Waals surface area contributed by atoms with Crippen molar-refractivity contribution < 1.29 is 14.7 Å². The van der Waals surface area contributed by atoms with Crippen molar-refractivity contribution in [2.45, 2.75) is 33.1 Å². The molecule has 0 atom stereocenters. The highest BCUT2D eigenvalue weighted by molar-refractivity contribution is 5.91. The molecule has 0 saturated heterocycles. The molecule has 20 heavy (non-hydrogen) atoms. The summed E-state index contributed by atoms with van der Waals surface area (Å²) in [5.74, 6) is -0.823. The van der Waals surface area contributed by atoms with E-state index in [0.717, 1.165) is 23.2 Å². The Bertz CT molecular complexity index is 516. The number of aryl methyl sites for hydroxylation is 2. The molecule has 1 saturated carbocycles. The van der Waals surface area contributed by atoms with E-state index in [9.17, 15) is 14.7 Å². The predicted octanol–water partition coefficient (Wildman–Crippen LogP) is 2.68. The maximum absolute atomic E-state index is 11.9. The molecule has 2 rings (SSSR count). The summed E-state index contributed by atoms with van der Waals surface area (Å²) in [6, 6.07) is 5.43. The number of aliphatic carboxylic acids is 1. The van der Waals surface area contributed by atoms with Gasteiger partial charge in [0.2, 0.25) is 0 Å². The number of hydrogen-bond acceptors (Lipinski definition) is 2. The van der Waals surface area contributed by atoms with Gasteiger partial charge in [-0.1, -0.05) is 24.6 Å². The van der Waals surface area contributed by atoms with Crippen LogP contribution in [0.3, 0.4) is 0 Å². The fourth-order valence-corrected chi connectivity index (χ4v) is 2.49. The van der Waals surface area contributed by atoms with E-state index in [4.69, 9.17) is 0 Å². The van der Waals surface area contributed by atoms with Crippen molar-refractivity contribution >= 4 is 17.7 Å². The average Bonchev–Trinajstić information content (AvgIpc) is 2.32. The van der Waals surface area contributed by atoms with Crippen LogP contribution in [-0.4, -0.2) is 23.7 Å². The molecular weight excluding hydrogens is 256 g/mol. The Morgan fingerprint density at radius 2 is 1.85 bits per heavy atom. The Kier molecular flexibility index (Phi) is 3.97. The Labute approximate surface area is 118 Å². The quantitative estimate of drug-likeness (QED) is 0.791. The first kappa shape index (κ1) is 14.4. The van der Waals surface area contributed by atoms with Gasteiger partial charge in [0.1, 0.15) is 0 Å². The topological polar surface area (TPSA) is 78.4 Å². The largest absolute Gasteiger partial charge is 0.481 e. The van der Waals surface area contributed by atoms with Crippen LogP contribution in [0.4, 0.5) is 10.5 Å². The van der Waals surface area contributed by atoms with Crippen LogP contribution < -0.4 is 10.6 Å². The molecule has 3 N–H and O–H groups in total. The number of benzene rings is 1. The number of amides is 2. The summed E-state index contributed by atoms with van der Waals surface area (Å²) in [5.41, 5.74) is 1.98. The zero-order valence-corrected chi connectivity index (χ0v) is 11.8. The third-order valence-corrected chi connectivity index (χ3v) is 4.07. The van der Waals surface area contributed by atoms with Gasteiger partial charge in [-0.25, -0.2) is 4.79 Å². The van der Waals surface area contributed by atoms with E-state index >= 15 is 0 Å². The second-order valence-corrected chi connectivity index (χ2v) is 5.51. The minimum absolute atomic E-state index is 0.180. The summed E-state index contributed by atoms with van der Waals surface area (Å²) in [6.45, 7) is 4.03. The van der Waals surface area contributed by atoms with Crippen molar-refractivity contribution in [2.75, 3.05) is 11.9 Å². The number of carboxylic acids is 1. The van der Waals surface area contributed by atoms with E-state index in [0.29, 0.717) is 12.8 Å². The normalized spacial score (nSPS) is 16.1. The number of hydrogen-bond donors (Lipinski definition) is 3. The van der Waals surface area contributed by atoms with Gasteiger partial charge in [0, 0.05) is 12.2 Å². The average molecular weight is 276 g/mol. The van der Waals surface area contributed by atoms with Gasteiger partial charge in [-0.05, 0) is 37.8 Å². The van der Waals surface area contributed by atoms with Gasteiger partial charge in [-0.3, -0.25) is 4.79 Å². The Morgan fingerprint density at radius 1 is 1.25 bits per heavy atom. The highest BCUT2D eigenvalue weighted by Gasteiger charge is 2.44. The molecule has 1 fully saturated rings. The smallest absolute Gasteiger partial charge is 0.319 e. The molecule has 0 unspecified atom stereocenters. The summed E-state index contributed by atoms with van der Waals surface area (Å²) in [5, 5.41) is 14.7. The Balaban J connectivity index is 1.95. The molecule has 0 heterocycles. The van der Waals surface area contributed by atoms with Crippen LogP contribution in [-0.2, 0) is 4.79 Å². The molecule has 108 valence electrons. The van der Waals surface area contributed by atoms with Crippen LogP contribution in [0.2, 0.25) is 0 Å². The lowest BCUT2D eigenvalue weighted by Gasteiger charge is -2.37. The fourth-order valence-electron chi connectivity index (χ4n) is 2.49. The van der Waals surface area contributed by atoms with Crippen molar-refractivity contribution in [3.8, 4) is 0 Å². The van der Waals surface area contributed by atoms with Crippen LogP contribution in [0.15, 0.2) is 18.2 Å². The molecule has 0 aliphatic heterocycles. The standard InChI is InChI=1S/C15H20N2O3/c1-10-5-3-6-11(2)12(10)17-14(20)16-9-15(13(18)19)7-4-8-15/h3,5-6H,4,7-9H2,1-2H3,(H,18,19)(H2,16,17,20). The molecule has 0 bridgehead atoms. The minimum Gasteiger partial charge on any atom is -0.481 e. The molecule has 1 aromatic rings. The summed E-state index contributed by atoms with van der Waals surface area (Å²) in [7, 11) is 0. The Morgan fingerprint density at radius 3 is 2.30 bits per heavy atom. The van der Waals surface area contributed by atoms with E-state index in [1.807, 2.05) is 32.0 Å². The third-order valence-electron chi connectivity index (χ3n) is 4.07. The van der Waals surface area contributed by atoms with Crippen LogP contribution in [0.5, 0.6) is 0 Å². The maximum atomic E-state index is 11.9. The van der Waals surface area contributed by atoms with Gasteiger partial charge in [0.15, 0.2) is 0 Å². The summed E-state index contributed by atoms with van der Waals surface area (Å²) in [6.07, 6.45) is 2.17. The number of nitrogens with one attached hydrogen (secondary N) is 2. The van der Waals surface area contributed by atoms with E-state index < -0.39 is 11.4 Å². The number of para-hydroxylation sites is 1. The lowest BCUT2D eigenvalue weighted by molar-refractivity contribution is -0.153. The van der Waals surface area contributed by atoms with E-state index in [2.05, 4.69) is 10.6 Å². The van der Waals surface area contributed by atoms with Crippen molar-refractivity contribution in [2.24, 2.45) is 5.41 Å². The van der Waals surface area contributed by atoms with Crippen LogP contribution in [0.25, 0.3) is 0 Å². The molecule has 1 aliphatic carbocycles. The van der Waals surface area contributed by atoms with Gasteiger partial charge in [0.05, 0.1) is 5.41 Å². The van der Waals surface area contributed by atoms with Gasteiger partial charge < -0.3 is 15.7 Å². The van der Waals surface area contributed by atoms with Gasteiger partial charge in [-0.2, -0.15) is 0 Å². The second-order valence-electron chi connectivity index (χ2n) is 5.51. The van der Waals surface area contributed by atoms with Crippen LogP contribution in [0, 0.1) is 19.3 Å². The SMILES string of the molecule is Cc1cccc(C)c1NC(=O)NCC1(C(=O)O)CCC1. The number of carbonyl (C=O) groups excluding carboxylic acids is 1. The lowest BCUT2D eigenvalue weighted by Crippen LogP contribution is -2.48. The van der Waals surface area contributed by atoms with Gasteiger partial charge in [-0.15, -0.1) is 0 Å². The second kappa shape index (κ2) is 5.53. The lowest BCUT2D eigenvalue weighted by atomic mass is 9.69. The van der Waals surface area contributed by atoms with E-state index in [1.54, 1.807) is 0 Å². The Hall–Kier alpha value is -2.04. The van der Waals surface area contributed by atoms with Crippen molar-refractivity contribution in [3.63, 3.8) is 0 Å². The third kappa shape index (κ3) is 2.76. The van der Waals surface area contributed by atoms with Crippen molar-refractivity contribution in [1.82, 2.24) is 5.32 Å². The number of carbonyl (C=O) groups is 2. The number of urea groups is 1. The highest BCUT2D eigenvalue weighted by Crippen LogP contribution is 2.40. The molecular formula is C15H20N2O3. The molecule has 1 aliphatic rings. The summed E-state index contributed by atoms with van der Waals surface area (Å²) < 4.78 is 0. The fraction of sp³-hybridized carbons (Fsp3) is 0.467. The number of rotatable bonds is 4. The molecule has 2 amide bonds. The molecule has 0 radical (unpaired) electrons. The maximum Gasteiger partial charge on any atom is 0.319 e. The molecule has 1 aromatic carbocycles. The summed E-state index contributed by atoms with van der Waals surface area (Å²) in [4.78, 5) is 23.1. The zero-order chi connectivity index (χ0) is 14.8. The van der Waals surface area contributed by atoms with Crippen LogP contribution >= 0.6 is 0 Å². The number of anilines is 1. The monoisotopic (exact) mass is 276 g/mol. The highest BCUT2D eigenvalue weighted by atomic mass is 16.4. The van der Waals surface area contributed by atoms with Gasteiger partial charge in [0.25, 0.3) is 0 Å². The molecule has 5 nitrogen and oxygen atoms in total. The minimum atomic E-state index is -0.823. The first-order valence-electron chi connectivity index (χ1n) is 6.79. The molecule has 5 heteroatoms. The van der Waals surface area contributed by atoms with Gasteiger partial charge >= 0.3 is 12.0 Å². The van der Waals surface area contributed by atoms with Crippen molar-refractivity contribution in [3.05, 3.63) is 29.3 Å². The predicted molar refractivity (Wildman–Crippen MR) is 76.9 cm³/mol. The molecule has 0 spiro atoms.